The molecule has 0 fully saturated rings. The quantitative estimate of drug-likeness (QED) is 0.510. The second-order valence-electron chi connectivity index (χ2n) is 4.81. The molecule has 1 aromatic heterocycles. The average molecular weight is 306 g/mol. The Labute approximate surface area is 132 Å². The largest absolute Gasteiger partial charge is 0.508 e. The first-order chi connectivity index (χ1) is 11.2. The second-order valence-corrected chi connectivity index (χ2v) is 4.81. The van der Waals surface area contributed by atoms with Crippen molar-refractivity contribution in [3.05, 3.63) is 76.6 Å². The normalized spacial score (nSPS) is 10.8. The van der Waals surface area contributed by atoms with Gasteiger partial charge in [0.2, 0.25) is 5.95 Å². The predicted molar refractivity (Wildman–Crippen MR) is 89.6 cm³/mol. The predicted octanol–water partition coefficient (Wildman–Crippen LogP) is 2.59. The van der Waals surface area contributed by atoms with Gasteiger partial charge in [0.1, 0.15) is 5.75 Å². The molecule has 0 amide bonds. The number of aromatic nitrogens is 2. The number of benzene rings is 2. The minimum atomic E-state index is -0.270. The van der Waals surface area contributed by atoms with Crippen LogP contribution in [0.1, 0.15) is 5.56 Å². The van der Waals surface area contributed by atoms with Gasteiger partial charge >= 0.3 is 0 Å². The summed E-state index contributed by atoms with van der Waals surface area (Å²) in [7, 11) is 0. The summed E-state index contributed by atoms with van der Waals surface area (Å²) in [5.41, 5.74) is 4.54. The Kier molecular flexibility index (Phi) is 4.15. The smallest absolute Gasteiger partial charge is 0.252 e. The zero-order chi connectivity index (χ0) is 16.1. The summed E-state index contributed by atoms with van der Waals surface area (Å²) >= 11 is 0. The molecule has 2 aromatic carbocycles. The molecule has 0 aliphatic carbocycles. The fourth-order valence-electron chi connectivity index (χ4n) is 2.04. The summed E-state index contributed by atoms with van der Waals surface area (Å²) in [6.45, 7) is 0. The lowest BCUT2D eigenvalue weighted by Crippen LogP contribution is -2.10. The fourth-order valence-corrected chi connectivity index (χ4v) is 2.04. The number of hydrogen-bond donors (Lipinski definition) is 3. The molecule has 3 aromatic rings. The van der Waals surface area contributed by atoms with Crippen LogP contribution >= 0.6 is 0 Å². The molecule has 3 rings (SSSR count). The highest BCUT2D eigenvalue weighted by atomic mass is 16.3. The molecule has 0 atom stereocenters. The maximum atomic E-state index is 11.7. The van der Waals surface area contributed by atoms with Gasteiger partial charge < -0.3 is 5.11 Å². The molecule has 0 aliphatic rings. The number of nitrogens with zero attached hydrogens (tertiary/aromatic N) is 2. The van der Waals surface area contributed by atoms with Crippen LogP contribution in [0, 0.1) is 0 Å². The minimum Gasteiger partial charge on any atom is -0.508 e. The molecule has 23 heavy (non-hydrogen) atoms. The number of nitrogens with one attached hydrogen (secondary N) is 2. The molecule has 1 heterocycles. The van der Waals surface area contributed by atoms with Gasteiger partial charge in [-0.05, 0) is 17.7 Å². The van der Waals surface area contributed by atoms with Crippen molar-refractivity contribution in [1.82, 2.24) is 9.97 Å². The number of aromatic hydroxyl groups is 1. The minimum absolute atomic E-state index is 0.159. The van der Waals surface area contributed by atoms with Gasteiger partial charge in [-0.3, -0.25) is 9.78 Å². The van der Waals surface area contributed by atoms with Crippen molar-refractivity contribution in [2.45, 2.75) is 0 Å². The van der Waals surface area contributed by atoms with Gasteiger partial charge in [0.15, 0.2) is 0 Å². The molecule has 0 spiro atoms. The van der Waals surface area contributed by atoms with Crippen molar-refractivity contribution in [2.75, 3.05) is 5.43 Å². The SMILES string of the molecule is O=c1cc(-c2ccccc2)nc(N/N=C\c2cccc(O)c2)[nH]1. The van der Waals surface area contributed by atoms with Crippen molar-refractivity contribution in [2.24, 2.45) is 5.10 Å². The van der Waals surface area contributed by atoms with Crippen LogP contribution in [0.5, 0.6) is 5.75 Å². The number of aromatic amines is 1. The van der Waals surface area contributed by atoms with Crippen LogP contribution in [0.3, 0.4) is 0 Å². The lowest BCUT2D eigenvalue weighted by molar-refractivity contribution is 0.475. The zero-order valence-corrected chi connectivity index (χ0v) is 12.1. The van der Waals surface area contributed by atoms with E-state index in [4.69, 9.17) is 0 Å². The molecule has 114 valence electrons. The third-order valence-corrected chi connectivity index (χ3v) is 3.07. The number of phenols is 1. The second kappa shape index (κ2) is 6.57. The van der Waals surface area contributed by atoms with E-state index >= 15 is 0 Å². The highest BCUT2D eigenvalue weighted by molar-refractivity contribution is 5.80. The van der Waals surface area contributed by atoms with Crippen LogP contribution in [0.4, 0.5) is 5.95 Å². The first kappa shape index (κ1) is 14.5. The highest BCUT2D eigenvalue weighted by Crippen LogP contribution is 2.15. The van der Waals surface area contributed by atoms with Crippen LogP contribution in [-0.2, 0) is 0 Å². The van der Waals surface area contributed by atoms with Gasteiger partial charge in [-0.1, -0.05) is 42.5 Å². The molecular weight excluding hydrogens is 292 g/mol. The summed E-state index contributed by atoms with van der Waals surface area (Å²) in [6, 6.07) is 17.5. The lowest BCUT2D eigenvalue weighted by atomic mass is 10.1. The van der Waals surface area contributed by atoms with Crippen LogP contribution in [-0.4, -0.2) is 21.3 Å². The van der Waals surface area contributed by atoms with Gasteiger partial charge in [-0.15, -0.1) is 0 Å². The van der Waals surface area contributed by atoms with Crippen molar-refractivity contribution in [3.8, 4) is 17.0 Å². The Morgan fingerprint density at radius 2 is 1.91 bits per heavy atom. The number of hydrazone groups is 1. The van der Waals surface area contributed by atoms with Crippen molar-refractivity contribution in [1.29, 1.82) is 0 Å². The van der Waals surface area contributed by atoms with Crippen LogP contribution < -0.4 is 11.0 Å². The van der Waals surface area contributed by atoms with E-state index < -0.39 is 0 Å². The van der Waals surface area contributed by atoms with Gasteiger partial charge in [0.25, 0.3) is 5.56 Å². The van der Waals surface area contributed by atoms with E-state index in [1.165, 1.54) is 12.3 Å². The van der Waals surface area contributed by atoms with E-state index in [-0.39, 0.29) is 17.3 Å². The van der Waals surface area contributed by atoms with E-state index in [9.17, 15) is 9.90 Å². The van der Waals surface area contributed by atoms with Crippen LogP contribution in [0.25, 0.3) is 11.3 Å². The van der Waals surface area contributed by atoms with Gasteiger partial charge in [0, 0.05) is 11.6 Å². The molecule has 3 N–H and O–H groups in total. The van der Waals surface area contributed by atoms with E-state index in [1.54, 1.807) is 24.3 Å². The number of rotatable bonds is 4. The standard InChI is InChI=1S/C17H14N4O2/c22-14-8-4-5-12(9-14)11-18-21-17-19-15(10-16(23)20-17)13-6-2-1-3-7-13/h1-11,22H,(H2,19,20,21,23)/b18-11-. The molecule has 6 nitrogen and oxygen atoms in total. The maximum Gasteiger partial charge on any atom is 0.252 e. The van der Waals surface area contributed by atoms with E-state index in [0.717, 1.165) is 11.1 Å². The summed E-state index contributed by atoms with van der Waals surface area (Å²) in [6.07, 6.45) is 1.52. The molecule has 0 bridgehead atoms. The Morgan fingerprint density at radius 3 is 2.70 bits per heavy atom. The number of hydrogen-bond acceptors (Lipinski definition) is 5. The van der Waals surface area contributed by atoms with E-state index in [0.29, 0.717) is 5.69 Å². The summed E-state index contributed by atoms with van der Waals surface area (Å²) < 4.78 is 0. The first-order valence-corrected chi connectivity index (χ1v) is 6.95. The molecular formula is C17H14N4O2. The molecule has 0 radical (unpaired) electrons. The van der Waals surface area contributed by atoms with Crippen LogP contribution in [0.15, 0.2) is 70.6 Å². The molecule has 6 heteroatoms. The van der Waals surface area contributed by atoms with Gasteiger partial charge in [-0.25, -0.2) is 10.4 Å². The van der Waals surface area contributed by atoms with E-state index in [2.05, 4.69) is 20.5 Å². The van der Waals surface area contributed by atoms with Crippen molar-refractivity contribution >= 4 is 12.2 Å². The third-order valence-electron chi connectivity index (χ3n) is 3.07. The number of anilines is 1. The Bertz CT molecular complexity index is 888. The monoisotopic (exact) mass is 306 g/mol. The Balaban J connectivity index is 1.81. The molecule has 0 saturated heterocycles. The number of H-pyrrole nitrogens is 1. The first-order valence-electron chi connectivity index (χ1n) is 6.95. The lowest BCUT2D eigenvalue weighted by Gasteiger charge is -2.03. The summed E-state index contributed by atoms with van der Waals surface area (Å²) in [5, 5.41) is 13.4. The van der Waals surface area contributed by atoms with Gasteiger partial charge in [-0.2, -0.15) is 5.10 Å². The highest BCUT2D eigenvalue weighted by Gasteiger charge is 2.02. The van der Waals surface area contributed by atoms with Gasteiger partial charge in [0.05, 0.1) is 11.9 Å². The topological polar surface area (TPSA) is 90.4 Å². The molecule has 0 aliphatic heterocycles. The molecule has 0 unspecified atom stereocenters. The summed E-state index contributed by atoms with van der Waals surface area (Å²) in [4.78, 5) is 18.6. The fraction of sp³-hybridized carbons (Fsp3) is 0. The third kappa shape index (κ3) is 3.82. The Morgan fingerprint density at radius 1 is 1.09 bits per heavy atom. The average Bonchev–Trinajstić information content (AvgIpc) is 2.55. The molecule has 0 saturated carbocycles. The van der Waals surface area contributed by atoms with E-state index in [1.807, 2.05) is 30.3 Å². The Hall–Kier alpha value is -3.41. The number of phenolic OH excluding ortho intramolecular Hbond substituents is 1. The van der Waals surface area contributed by atoms with Crippen molar-refractivity contribution in [3.63, 3.8) is 0 Å². The van der Waals surface area contributed by atoms with Crippen molar-refractivity contribution < 1.29 is 5.11 Å². The zero-order valence-electron chi connectivity index (χ0n) is 12.1. The maximum absolute atomic E-state index is 11.7. The summed E-state index contributed by atoms with van der Waals surface area (Å²) in [5.74, 6) is 0.402. The van der Waals surface area contributed by atoms with Crippen LogP contribution in [0.2, 0.25) is 0 Å².